The number of carboxylic acid groups (broad SMARTS) is 1. The number of aliphatic carboxylic acids is 1. The Bertz CT molecular complexity index is 669. The van der Waals surface area contributed by atoms with Crippen molar-refractivity contribution in [3.05, 3.63) is 22.2 Å². The third-order valence-corrected chi connectivity index (χ3v) is 3.37. The molecule has 0 spiro atoms. The fourth-order valence-electron chi connectivity index (χ4n) is 1.82. The highest BCUT2D eigenvalue weighted by Crippen LogP contribution is 2.33. The zero-order valence-electron chi connectivity index (χ0n) is 10.7. The number of rotatable bonds is 5. The van der Waals surface area contributed by atoms with Gasteiger partial charge in [0.05, 0.1) is 16.7 Å². The van der Waals surface area contributed by atoms with E-state index < -0.39 is 16.9 Å². The van der Waals surface area contributed by atoms with Gasteiger partial charge in [0, 0.05) is 0 Å². The van der Waals surface area contributed by atoms with Crippen molar-refractivity contribution in [2.24, 2.45) is 5.92 Å². The van der Waals surface area contributed by atoms with E-state index in [4.69, 9.17) is 5.11 Å². The molecule has 1 unspecified atom stereocenters. The average molecular weight is 296 g/mol. The highest BCUT2D eigenvalue weighted by molar-refractivity contribution is 7.00. The number of nitro benzene ring substituents is 1. The van der Waals surface area contributed by atoms with Crippen LogP contribution < -0.4 is 5.32 Å². The summed E-state index contributed by atoms with van der Waals surface area (Å²) in [7, 11) is 0. The van der Waals surface area contributed by atoms with Gasteiger partial charge in [-0.05, 0) is 18.1 Å². The maximum absolute atomic E-state index is 11.2. The van der Waals surface area contributed by atoms with Gasteiger partial charge < -0.3 is 10.4 Å². The molecular weight excluding hydrogens is 284 g/mol. The largest absolute Gasteiger partial charge is 0.480 e. The summed E-state index contributed by atoms with van der Waals surface area (Å²) < 4.78 is 7.83. The van der Waals surface area contributed by atoms with Gasteiger partial charge in [-0.15, -0.1) is 0 Å². The van der Waals surface area contributed by atoms with Gasteiger partial charge in [-0.1, -0.05) is 13.8 Å². The van der Waals surface area contributed by atoms with Crippen LogP contribution in [0, 0.1) is 16.0 Å². The molecule has 0 saturated heterocycles. The van der Waals surface area contributed by atoms with Gasteiger partial charge in [0.15, 0.2) is 5.52 Å². The Morgan fingerprint density at radius 2 is 2.15 bits per heavy atom. The van der Waals surface area contributed by atoms with Crippen LogP contribution in [0.3, 0.4) is 0 Å². The van der Waals surface area contributed by atoms with E-state index in [0.717, 1.165) is 11.7 Å². The Hall–Kier alpha value is -2.29. The first kappa shape index (κ1) is 14.1. The summed E-state index contributed by atoms with van der Waals surface area (Å²) in [6.45, 7) is 3.45. The molecule has 0 aliphatic carbocycles. The molecule has 0 aliphatic heterocycles. The summed E-state index contributed by atoms with van der Waals surface area (Å²) in [6, 6.07) is 2.12. The number of hydrogen-bond acceptors (Lipinski definition) is 7. The molecule has 2 rings (SSSR count). The maximum atomic E-state index is 11.2. The van der Waals surface area contributed by atoms with Crippen LogP contribution in [0.15, 0.2) is 12.1 Å². The summed E-state index contributed by atoms with van der Waals surface area (Å²) in [6.07, 6.45) is 0. The van der Waals surface area contributed by atoms with Crippen molar-refractivity contribution in [2.45, 2.75) is 19.9 Å². The van der Waals surface area contributed by atoms with Crippen molar-refractivity contribution in [2.75, 3.05) is 5.32 Å². The minimum Gasteiger partial charge on any atom is -0.480 e. The van der Waals surface area contributed by atoms with Crippen molar-refractivity contribution in [1.82, 2.24) is 8.75 Å². The molecular formula is C11H12N4O4S. The molecule has 2 N–H and O–H groups in total. The number of hydrogen-bond donors (Lipinski definition) is 2. The van der Waals surface area contributed by atoms with Crippen LogP contribution in [0.1, 0.15) is 13.8 Å². The van der Waals surface area contributed by atoms with E-state index in [1.807, 2.05) is 0 Å². The molecule has 9 heteroatoms. The van der Waals surface area contributed by atoms with Gasteiger partial charge >= 0.3 is 11.7 Å². The Labute approximate surface area is 117 Å². The zero-order valence-corrected chi connectivity index (χ0v) is 11.5. The fourth-order valence-corrected chi connectivity index (χ4v) is 2.36. The zero-order chi connectivity index (χ0) is 14.9. The monoisotopic (exact) mass is 296 g/mol. The fraction of sp³-hybridized carbons (Fsp3) is 0.364. The molecule has 1 aromatic carbocycles. The molecule has 0 saturated carbocycles. The molecule has 0 bridgehead atoms. The normalized spacial score (nSPS) is 12.6. The molecule has 1 atom stereocenters. The lowest BCUT2D eigenvalue weighted by atomic mass is 10.0. The molecule has 0 amide bonds. The summed E-state index contributed by atoms with van der Waals surface area (Å²) >= 11 is 0.876. The summed E-state index contributed by atoms with van der Waals surface area (Å²) in [5.41, 5.74) is 0.473. The van der Waals surface area contributed by atoms with Gasteiger partial charge in [0.1, 0.15) is 17.2 Å². The van der Waals surface area contributed by atoms with Gasteiger partial charge in [-0.25, -0.2) is 4.79 Å². The number of anilines is 1. The minimum absolute atomic E-state index is 0.135. The predicted molar refractivity (Wildman–Crippen MR) is 74.0 cm³/mol. The second-order valence-corrected chi connectivity index (χ2v) is 5.08. The van der Waals surface area contributed by atoms with Crippen LogP contribution >= 0.6 is 11.7 Å². The Morgan fingerprint density at radius 3 is 2.70 bits per heavy atom. The predicted octanol–water partition coefficient (Wildman–Crippen LogP) is 2.12. The van der Waals surface area contributed by atoms with E-state index in [-0.39, 0.29) is 22.8 Å². The Morgan fingerprint density at radius 1 is 1.45 bits per heavy atom. The SMILES string of the molecule is CC(C)C(Nc1ccc2nsnc2c1[N+](=O)[O-])C(=O)O. The van der Waals surface area contributed by atoms with Crippen LogP contribution in [0.4, 0.5) is 11.4 Å². The first-order chi connectivity index (χ1) is 9.41. The molecule has 2 aromatic rings. The smallest absolute Gasteiger partial charge is 0.326 e. The molecule has 0 fully saturated rings. The first-order valence-corrected chi connectivity index (χ1v) is 6.54. The molecule has 0 radical (unpaired) electrons. The number of nitrogens with one attached hydrogen (secondary N) is 1. The lowest BCUT2D eigenvalue weighted by Crippen LogP contribution is -2.34. The van der Waals surface area contributed by atoms with Crippen LogP contribution in [0.25, 0.3) is 11.0 Å². The summed E-state index contributed by atoms with van der Waals surface area (Å²) in [5.74, 6) is -1.29. The molecule has 106 valence electrons. The summed E-state index contributed by atoms with van der Waals surface area (Å²) in [4.78, 5) is 21.8. The van der Waals surface area contributed by atoms with E-state index in [9.17, 15) is 14.9 Å². The lowest BCUT2D eigenvalue weighted by Gasteiger charge is -2.18. The van der Waals surface area contributed by atoms with Gasteiger partial charge in [0.2, 0.25) is 0 Å². The summed E-state index contributed by atoms with van der Waals surface area (Å²) in [5, 5.41) is 23.1. The highest BCUT2D eigenvalue weighted by Gasteiger charge is 2.27. The number of aromatic nitrogens is 2. The maximum Gasteiger partial charge on any atom is 0.326 e. The Balaban J connectivity index is 2.50. The van der Waals surface area contributed by atoms with Crippen LogP contribution in [0.5, 0.6) is 0 Å². The van der Waals surface area contributed by atoms with Crippen molar-refractivity contribution in [1.29, 1.82) is 0 Å². The number of carbonyl (C=O) groups is 1. The van der Waals surface area contributed by atoms with Crippen molar-refractivity contribution in [3.8, 4) is 0 Å². The van der Waals surface area contributed by atoms with E-state index in [0.29, 0.717) is 5.52 Å². The Kier molecular flexibility index (Phi) is 3.79. The van der Waals surface area contributed by atoms with Crippen LogP contribution in [-0.4, -0.2) is 30.8 Å². The molecule has 0 aliphatic rings. The first-order valence-electron chi connectivity index (χ1n) is 5.80. The van der Waals surface area contributed by atoms with E-state index in [2.05, 4.69) is 14.1 Å². The number of fused-ring (bicyclic) bond motifs is 1. The highest BCUT2D eigenvalue weighted by atomic mass is 32.1. The van der Waals surface area contributed by atoms with E-state index in [1.165, 1.54) is 6.07 Å². The van der Waals surface area contributed by atoms with E-state index in [1.54, 1.807) is 19.9 Å². The molecule has 1 heterocycles. The second kappa shape index (κ2) is 5.37. The quantitative estimate of drug-likeness (QED) is 0.640. The van der Waals surface area contributed by atoms with E-state index >= 15 is 0 Å². The van der Waals surface area contributed by atoms with Gasteiger partial charge in [-0.3, -0.25) is 10.1 Å². The van der Waals surface area contributed by atoms with Crippen molar-refractivity contribution >= 4 is 40.1 Å². The molecule has 8 nitrogen and oxygen atoms in total. The lowest BCUT2D eigenvalue weighted by molar-refractivity contribution is -0.382. The number of carboxylic acids is 1. The number of nitro groups is 1. The average Bonchev–Trinajstić information content (AvgIpc) is 2.81. The standard InChI is InChI=1S/C11H12N4O4S/c1-5(2)8(11(16)17)12-7-4-3-6-9(14-20-13-6)10(7)15(18)19/h3-5,8,12H,1-2H3,(H,16,17). The van der Waals surface area contributed by atoms with Crippen molar-refractivity contribution < 1.29 is 14.8 Å². The van der Waals surface area contributed by atoms with Crippen molar-refractivity contribution in [3.63, 3.8) is 0 Å². The second-order valence-electron chi connectivity index (χ2n) is 4.56. The van der Waals surface area contributed by atoms with Gasteiger partial charge in [-0.2, -0.15) is 8.75 Å². The third kappa shape index (κ3) is 2.52. The minimum atomic E-state index is -1.06. The van der Waals surface area contributed by atoms with Crippen LogP contribution in [-0.2, 0) is 4.79 Å². The van der Waals surface area contributed by atoms with Gasteiger partial charge in [0.25, 0.3) is 0 Å². The molecule has 20 heavy (non-hydrogen) atoms. The van der Waals surface area contributed by atoms with Crippen LogP contribution in [0.2, 0.25) is 0 Å². The number of nitrogens with zero attached hydrogens (tertiary/aromatic N) is 3. The topological polar surface area (TPSA) is 118 Å². The third-order valence-electron chi connectivity index (χ3n) is 2.83. The number of benzene rings is 1. The molecule has 1 aromatic heterocycles.